The summed E-state index contributed by atoms with van der Waals surface area (Å²) in [4.78, 5) is 8.35. The van der Waals surface area contributed by atoms with Crippen LogP contribution in [-0.2, 0) is 13.6 Å². The Morgan fingerprint density at radius 2 is 1.13 bits per heavy atom. The number of rotatable bonds is 7. The Labute approximate surface area is 130 Å². The predicted molar refractivity (Wildman–Crippen MR) is 71.6 cm³/mol. The number of halogens is 6. The zero-order valence-electron chi connectivity index (χ0n) is 13.0. The first-order chi connectivity index (χ1) is 10.1. The van der Waals surface area contributed by atoms with Crippen LogP contribution >= 0.6 is 7.82 Å². The summed E-state index contributed by atoms with van der Waals surface area (Å²) in [7, 11) is -5.33. The van der Waals surface area contributed by atoms with E-state index in [1.165, 1.54) is 0 Å². The van der Waals surface area contributed by atoms with Crippen LogP contribution in [0, 0.1) is 0 Å². The lowest BCUT2D eigenvalue weighted by Gasteiger charge is -2.23. The van der Waals surface area contributed by atoms with Crippen molar-refractivity contribution in [3.8, 4) is 0 Å². The molecule has 0 atom stereocenters. The van der Waals surface area contributed by atoms with Gasteiger partial charge in [-0.05, 0) is 19.3 Å². The molecule has 12 heteroatoms. The molecule has 0 saturated carbocycles. The second-order valence-electron chi connectivity index (χ2n) is 4.67. The van der Waals surface area contributed by atoms with Crippen molar-refractivity contribution in [2.75, 3.05) is 13.2 Å². The Morgan fingerprint density at radius 1 is 0.870 bits per heavy atom. The molecule has 0 heterocycles. The Morgan fingerprint density at radius 3 is 1.26 bits per heavy atom. The average molecular weight is 377 g/mol. The smallest absolute Gasteiger partial charge is 0.325 e. The van der Waals surface area contributed by atoms with Gasteiger partial charge in [0.1, 0.15) is 0 Å². The van der Waals surface area contributed by atoms with E-state index in [1.807, 2.05) is 0 Å². The molecule has 0 bridgehead atoms. The number of hydrogen-bond donors (Lipinski definition) is 2. The molecule has 0 aliphatic carbocycles. The number of alkyl halides is 6. The molecule has 0 fully saturated rings. The summed E-state index contributed by atoms with van der Waals surface area (Å²) < 4.78 is 85.5. The minimum atomic E-state index is -5.33. The summed E-state index contributed by atoms with van der Waals surface area (Å²) in [5.74, 6) is 0. The van der Waals surface area contributed by atoms with Gasteiger partial charge in [-0.1, -0.05) is 20.8 Å². The van der Waals surface area contributed by atoms with Crippen molar-refractivity contribution in [2.45, 2.75) is 57.9 Å². The molecule has 0 amide bonds. The quantitative estimate of drug-likeness (QED) is 0.514. The first kappa shape index (κ1) is 24.9. The maximum Gasteiger partial charge on any atom is 0.472 e. The van der Waals surface area contributed by atoms with Gasteiger partial charge in [0, 0.05) is 5.54 Å². The van der Waals surface area contributed by atoms with Gasteiger partial charge in [-0.25, -0.2) is 4.57 Å². The monoisotopic (exact) mass is 377 g/mol. The van der Waals surface area contributed by atoms with Crippen LogP contribution < -0.4 is 5.73 Å². The van der Waals surface area contributed by atoms with Crippen molar-refractivity contribution in [1.29, 1.82) is 0 Å². The van der Waals surface area contributed by atoms with Crippen molar-refractivity contribution < 1.29 is 44.8 Å². The molecule has 0 aliphatic rings. The van der Waals surface area contributed by atoms with E-state index in [4.69, 9.17) is 10.6 Å². The van der Waals surface area contributed by atoms with Crippen LogP contribution in [0.1, 0.15) is 40.0 Å². The molecule has 142 valence electrons. The molecule has 0 aromatic carbocycles. The van der Waals surface area contributed by atoms with E-state index < -0.39 is 33.4 Å². The molecular formula is C11H22F6NO4P. The summed E-state index contributed by atoms with van der Waals surface area (Å²) in [6, 6.07) is 0. The molecule has 0 saturated heterocycles. The summed E-state index contributed by atoms with van der Waals surface area (Å²) in [5.41, 5.74) is 6.02. The highest BCUT2D eigenvalue weighted by atomic mass is 31.2. The highest BCUT2D eigenvalue weighted by molar-refractivity contribution is 7.47. The van der Waals surface area contributed by atoms with E-state index >= 15 is 0 Å². The fraction of sp³-hybridized carbons (Fsp3) is 1.00. The molecule has 0 spiro atoms. The van der Waals surface area contributed by atoms with Crippen LogP contribution in [0.5, 0.6) is 0 Å². The fourth-order valence-electron chi connectivity index (χ4n) is 1.10. The van der Waals surface area contributed by atoms with Crippen LogP contribution in [0.2, 0.25) is 0 Å². The highest BCUT2D eigenvalue weighted by Crippen LogP contribution is 2.45. The second-order valence-corrected chi connectivity index (χ2v) is 6.12. The third-order valence-corrected chi connectivity index (χ3v) is 3.81. The van der Waals surface area contributed by atoms with E-state index in [2.05, 4.69) is 29.8 Å². The topological polar surface area (TPSA) is 81.8 Å². The third-order valence-electron chi connectivity index (χ3n) is 2.90. The first-order valence-corrected chi connectivity index (χ1v) is 8.13. The molecule has 5 nitrogen and oxygen atoms in total. The SMILES string of the molecule is CCC(N)(CC)CC.O=P(O)(OCC(F)(F)F)OCC(F)(F)F. The van der Waals surface area contributed by atoms with Crippen molar-refractivity contribution in [3.05, 3.63) is 0 Å². The van der Waals surface area contributed by atoms with Crippen molar-refractivity contribution in [2.24, 2.45) is 5.73 Å². The van der Waals surface area contributed by atoms with Gasteiger partial charge in [0.2, 0.25) is 0 Å². The minimum Gasteiger partial charge on any atom is -0.325 e. The summed E-state index contributed by atoms with van der Waals surface area (Å²) in [5, 5.41) is 0. The first-order valence-electron chi connectivity index (χ1n) is 6.64. The molecule has 0 aliphatic heterocycles. The Hall–Kier alpha value is -0.350. The van der Waals surface area contributed by atoms with Gasteiger partial charge >= 0.3 is 20.2 Å². The molecule has 23 heavy (non-hydrogen) atoms. The van der Waals surface area contributed by atoms with E-state index in [9.17, 15) is 30.9 Å². The third kappa shape index (κ3) is 16.3. The van der Waals surface area contributed by atoms with Crippen LogP contribution in [-0.4, -0.2) is 36.0 Å². The number of nitrogens with two attached hydrogens (primary N) is 1. The zero-order chi connectivity index (χ0) is 18.9. The maximum absolute atomic E-state index is 11.4. The van der Waals surface area contributed by atoms with Crippen molar-refractivity contribution in [3.63, 3.8) is 0 Å². The summed E-state index contributed by atoms with van der Waals surface area (Å²) in [6.07, 6.45) is -6.57. The van der Waals surface area contributed by atoms with E-state index in [0.29, 0.717) is 0 Å². The molecule has 0 rings (SSSR count). The molecule has 0 aromatic rings. The molecule has 0 unspecified atom stereocenters. The van der Waals surface area contributed by atoms with Crippen LogP contribution in [0.15, 0.2) is 0 Å². The molecule has 3 N–H and O–H groups in total. The van der Waals surface area contributed by atoms with Crippen molar-refractivity contribution in [1.82, 2.24) is 0 Å². The van der Waals surface area contributed by atoms with Gasteiger partial charge in [0.05, 0.1) is 0 Å². The van der Waals surface area contributed by atoms with E-state index in [0.717, 1.165) is 19.3 Å². The predicted octanol–water partition coefficient (Wildman–Crippen LogP) is 4.16. The van der Waals surface area contributed by atoms with Crippen LogP contribution in [0.25, 0.3) is 0 Å². The van der Waals surface area contributed by atoms with Gasteiger partial charge in [0.25, 0.3) is 0 Å². The minimum absolute atomic E-state index is 0.125. The van der Waals surface area contributed by atoms with Crippen molar-refractivity contribution >= 4 is 7.82 Å². The lowest BCUT2D eigenvalue weighted by atomic mass is 9.92. The number of phosphoric acid groups is 1. The van der Waals surface area contributed by atoms with Gasteiger partial charge in [0.15, 0.2) is 13.2 Å². The number of phosphoric ester groups is 1. The zero-order valence-corrected chi connectivity index (χ0v) is 13.9. The Bertz CT molecular complexity index is 340. The fourth-order valence-corrected chi connectivity index (χ4v) is 1.79. The standard InChI is InChI=1S/C7H17N.C4H5F6O4P/c1-4-7(8,5-2)6-3;5-3(6,7)1-13-15(11,12)14-2-4(8,9)10/h4-6,8H2,1-3H3;1-2H2,(H,11,12). The largest absolute Gasteiger partial charge is 0.472 e. The molecule has 0 radical (unpaired) electrons. The van der Waals surface area contributed by atoms with Gasteiger partial charge in [-0.3, -0.25) is 9.05 Å². The van der Waals surface area contributed by atoms with E-state index in [-0.39, 0.29) is 5.54 Å². The van der Waals surface area contributed by atoms with Crippen LogP contribution in [0.3, 0.4) is 0 Å². The second kappa shape index (κ2) is 9.83. The summed E-state index contributed by atoms with van der Waals surface area (Å²) >= 11 is 0. The Kier molecular flexibility index (Phi) is 10.6. The Balaban J connectivity index is 0. The van der Waals surface area contributed by atoms with Gasteiger partial charge in [-0.15, -0.1) is 0 Å². The lowest BCUT2D eigenvalue weighted by molar-refractivity contribution is -0.169. The molecular weight excluding hydrogens is 355 g/mol. The lowest BCUT2D eigenvalue weighted by Crippen LogP contribution is -2.37. The van der Waals surface area contributed by atoms with E-state index in [1.54, 1.807) is 0 Å². The molecule has 0 aromatic heterocycles. The average Bonchev–Trinajstić information content (AvgIpc) is 2.42. The number of hydrogen-bond acceptors (Lipinski definition) is 4. The normalized spacial score (nSPS) is 13.5. The van der Waals surface area contributed by atoms with Gasteiger partial charge < -0.3 is 10.6 Å². The van der Waals surface area contributed by atoms with Gasteiger partial charge in [-0.2, -0.15) is 26.3 Å². The summed E-state index contributed by atoms with van der Waals surface area (Å²) in [6.45, 7) is 2.10. The highest BCUT2D eigenvalue weighted by Gasteiger charge is 2.37. The maximum atomic E-state index is 11.4. The van der Waals surface area contributed by atoms with Crippen LogP contribution in [0.4, 0.5) is 26.3 Å².